The molecule has 90 valence electrons. The predicted octanol–water partition coefficient (Wildman–Crippen LogP) is 2.87. The minimum atomic E-state index is -0.120. The zero-order valence-electron chi connectivity index (χ0n) is 10.1. The maximum atomic E-state index is 11.8. The number of carbonyl (C=O) groups excluding carboxylic acids is 1. The summed E-state index contributed by atoms with van der Waals surface area (Å²) in [5, 5.41) is 2.76. The van der Waals surface area contributed by atoms with Gasteiger partial charge in [-0.05, 0) is 36.8 Å². The van der Waals surface area contributed by atoms with Crippen molar-refractivity contribution in [3.63, 3.8) is 0 Å². The van der Waals surface area contributed by atoms with Crippen LogP contribution in [0.2, 0.25) is 0 Å². The molecule has 0 fully saturated rings. The van der Waals surface area contributed by atoms with E-state index >= 15 is 0 Å². The summed E-state index contributed by atoms with van der Waals surface area (Å²) < 4.78 is 0. The number of amides is 1. The van der Waals surface area contributed by atoms with E-state index in [1.54, 1.807) is 24.5 Å². The van der Waals surface area contributed by atoms with Crippen molar-refractivity contribution in [1.82, 2.24) is 10.3 Å². The first kappa shape index (κ1) is 12.0. The van der Waals surface area contributed by atoms with Crippen LogP contribution in [0.25, 0.3) is 5.57 Å². The van der Waals surface area contributed by atoms with Crippen LogP contribution in [0.3, 0.4) is 0 Å². The van der Waals surface area contributed by atoms with Crippen molar-refractivity contribution in [2.24, 2.45) is 0 Å². The fourth-order valence-electron chi connectivity index (χ4n) is 1.52. The van der Waals surface area contributed by atoms with Gasteiger partial charge in [-0.1, -0.05) is 24.3 Å². The van der Waals surface area contributed by atoms with Gasteiger partial charge in [0.15, 0.2) is 0 Å². The maximum absolute atomic E-state index is 11.8. The second kappa shape index (κ2) is 5.77. The van der Waals surface area contributed by atoms with Crippen LogP contribution in [-0.4, -0.2) is 10.9 Å². The van der Waals surface area contributed by atoms with Gasteiger partial charge in [0.1, 0.15) is 0 Å². The summed E-state index contributed by atoms with van der Waals surface area (Å²) in [5.41, 5.74) is 2.41. The summed E-state index contributed by atoms with van der Waals surface area (Å²) in [7, 11) is 0. The average Bonchev–Trinajstić information content (AvgIpc) is 2.46. The minimum Gasteiger partial charge on any atom is -0.328 e. The van der Waals surface area contributed by atoms with E-state index in [0.717, 1.165) is 11.3 Å². The third-order valence-corrected chi connectivity index (χ3v) is 2.52. The number of carbonyl (C=O) groups is 1. The van der Waals surface area contributed by atoms with Crippen molar-refractivity contribution in [2.75, 3.05) is 0 Å². The molecule has 2 aromatic rings. The molecule has 0 saturated carbocycles. The van der Waals surface area contributed by atoms with E-state index in [1.807, 2.05) is 43.3 Å². The second-order valence-electron chi connectivity index (χ2n) is 3.88. The van der Waals surface area contributed by atoms with Crippen molar-refractivity contribution >= 4 is 11.5 Å². The number of aromatic nitrogens is 1. The number of hydrogen-bond acceptors (Lipinski definition) is 2. The first-order valence-electron chi connectivity index (χ1n) is 5.71. The lowest BCUT2D eigenvalue weighted by molar-refractivity contribution is 0.0970. The summed E-state index contributed by atoms with van der Waals surface area (Å²) in [6.07, 6.45) is 3.41. The largest absolute Gasteiger partial charge is 0.328 e. The lowest BCUT2D eigenvalue weighted by Gasteiger charge is -2.02. The Balaban J connectivity index is 2.05. The maximum Gasteiger partial charge on any atom is 0.255 e. The molecule has 3 heteroatoms. The van der Waals surface area contributed by atoms with Crippen molar-refractivity contribution in [1.29, 1.82) is 0 Å². The lowest BCUT2D eigenvalue weighted by Crippen LogP contribution is -2.17. The number of benzene rings is 1. The van der Waals surface area contributed by atoms with E-state index in [4.69, 9.17) is 0 Å². The normalized spacial score (nSPS) is 11.1. The Labute approximate surface area is 106 Å². The fraction of sp³-hybridized carbons (Fsp3) is 0.0667. The van der Waals surface area contributed by atoms with Gasteiger partial charge in [0.2, 0.25) is 0 Å². The molecule has 0 bridgehead atoms. The standard InChI is InChI=1S/C15H14N2O/c1-12(14-9-5-6-10-16-14)11-17-15(18)13-7-3-2-4-8-13/h2-11H,1H3,(H,17,18)/b12-11-. The first-order valence-corrected chi connectivity index (χ1v) is 5.71. The second-order valence-corrected chi connectivity index (χ2v) is 3.88. The van der Waals surface area contributed by atoms with Crippen LogP contribution in [0.1, 0.15) is 23.0 Å². The molecule has 1 heterocycles. The Kier molecular flexibility index (Phi) is 3.86. The number of hydrogen-bond donors (Lipinski definition) is 1. The summed E-state index contributed by atoms with van der Waals surface area (Å²) in [6.45, 7) is 1.91. The predicted molar refractivity (Wildman–Crippen MR) is 71.8 cm³/mol. The van der Waals surface area contributed by atoms with E-state index in [0.29, 0.717) is 5.56 Å². The highest BCUT2D eigenvalue weighted by molar-refractivity contribution is 5.95. The van der Waals surface area contributed by atoms with Crippen LogP contribution >= 0.6 is 0 Å². The molecule has 0 unspecified atom stereocenters. The summed E-state index contributed by atoms with van der Waals surface area (Å²) in [6, 6.07) is 14.8. The van der Waals surface area contributed by atoms with E-state index in [-0.39, 0.29) is 5.91 Å². The topological polar surface area (TPSA) is 42.0 Å². The minimum absolute atomic E-state index is 0.120. The highest BCUT2D eigenvalue weighted by atomic mass is 16.1. The van der Waals surface area contributed by atoms with Gasteiger partial charge in [0, 0.05) is 18.0 Å². The zero-order valence-corrected chi connectivity index (χ0v) is 10.1. The van der Waals surface area contributed by atoms with Crippen molar-refractivity contribution in [2.45, 2.75) is 6.92 Å². The highest BCUT2D eigenvalue weighted by Gasteiger charge is 2.02. The van der Waals surface area contributed by atoms with Gasteiger partial charge in [-0.25, -0.2) is 0 Å². The Bertz CT molecular complexity index is 547. The van der Waals surface area contributed by atoms with Gasteiger partial charge in [-0.3, -0.25) is 9.78 Å². The number of pyridine rings is 1. The van der Waals surface area contributed by atoms with Gasteiger partial charge in [-0.2, -0.15) is 0 Å². The van der Waals surface area contributed by atoms with E-state index in [1.165, 1.54) is 0 Å². The van der Waals surface area contributed by atoms with E-state index < -0.39 is 0 Å². The molecule has 1 N–H and O–H groups in total. The summed E-state index contributed by atoms with van der Waals surface area (Å²) in [5.74, 6) is -0.120. The average molecular weight is 238 g/mol. The van der Waals surface area contributed by atoms with Gasteiger partial charge in [0.25, 0.3) is 5.91 Å². The molecule has 3 nitrogen and oxygen atoms in total. The van der Waals surface area contributed by atoms with Gasteiger partial charge >= 0.3 is 0 Å². The molecule has 1 aromatic heterocycles. The molecule has 1 aromatic carbocycles. The van der Waals surface area contributed by atoms with E-state index in [2.05, 4.69) is 10.3 Å². The van der Waals surface area contributed by atoms with Crippen molar-refractivity contribution in [3.05, 3.63) is 72.2 Å². The summed E-state index contributed by atoms with van der Waals surface area (Å²) >= 11 is 0. The first-order chi connectivity index (χ1) is 8.77. The van der Waals surface area contributed by atoms with Gasteiger partial charge in [0.05, 0.1) is 5.69 Å². The Morgan fingerprint density at radius 3 is 2.50 bits per heavy atom. The molecule has 0 saturated heterocycles. The SMILES string of the molecule is C/C(=C/NC(=O)c1ccccc1)c1ccccn1. The molecule has 0 spiro atoms. The highest BCUT2D eigenvalue weighted by Crippen LogP contribution is 2.08. The van der Waals surface area contributed by atoms with Crippen LogP contribution in [0.5, 0.6) is 0 Å². The third-order valence-electron chi connectivity index (χ3n) is 2.52. The smallest absolute Gasteiger partial charge is 0.255 e. The molecule has 2 rings (SSSR count). The Morgan fingerprint density at radius 2 is 1.83 bits per heavy atom. The molecule has 0 aliphatic carbocycles. The molecular formula is C15H14N2O. The van der Waals surface area contributed by atoms with Crippen LogP contribution in [0.4, 0.5) is 0 Å². The number of nitrogens with zero attached hydrogens (tertiary/aromatic N) is 1. The molecular weight excluding hydrogens is 224 g/mol. The van der Waals surface area contributed by atoms with E-state index in [9.17, 15) is 4.79 Å². The van der Waals surface area contributed by atoms with Crippen LogP contribution in [0, 0.1) is 0 Å². The number of allylic oxidation sites excluding steroid dienone is 1. The number of nitrogens with one attached hydrogen (secondary N) is 1. The quantitative estimate of drug-likeness (QED) is 0.893. The van der Waals surface area contributed by atoms with Gasteiger partial charge in [-0.15, -0.1) is 0 Å². The lowest BCUT2D eigenvalue weighted by atomic mass is 10.2. The molecule has 1 amide bonds. The molecule has 0 atom stereocenters. The Hall–Kier alpha value is -2.42. The van der Waals surface area contributed by atoms with Crippen molar-refractivity contribution in [3.8, 4) is 0 Å². The number of rotatable bonds is 3. The van der Waals surface area contributed by atoms with Crippen LogP contribution in [0.15, 0.2) is 60.9 Å². The van der Waals surface area contributed by atoms with Crippen LogP contribution < -0.4 is 5.32 Å². The molecule has 18 heavy (non-hydrogen) atoms. The fourth-order valence-corrected chi connectivity index (χ4v) is 1.52. The van der Waals surface area contributed by atoms with Crippen molar-refractivity contribution < 1.29 is 4.79 Å². The molecule has 0 aliphatic rings. The monoisotopic (exact) mass is 238 g/mol. The molecule has 0 aliphatic heterocycles. The third kappa shape index (κ3) is 3.04. The molecule has 0 radical (unpaired) electrons. The van der Waals surface area contributed by atoms with Gasteiger partial charge < -0.3 is 5.32 Å². The summed E-state index contributed by atoms with van der Waals surface area (Å²) in [4.78, 5) is 16.0. The van der Waals surface area contributed by atoms with Crippen LogP contribution in [-0.2, 0) is 0 Å². The zero-order chi connectivity index (χ0) is 12.8. The Morgan fingerprint density at radius 1 is 1.11 bits per heavy atom.